The lowest BCUT2D eigenvalue weighted by molar-refractivity contribution is -0.136. The van der Waals surface area contributed by atoms with Crippen LogP contribution in [-0.2, 0) is 16.2 Å². The molecule has 128 valence electrons. The fraction of sp³-hybridized carbons (Fsp3) is 0.158. The molecule has 0 unspecified atom stereocenters. The van der Waals surface area contributed by atoms with Gasteiger partial charge in [0.25, 0.3) is 0 Å². The summed E-state index contributed by atoms with van der Waals surface area (Å²) in [5, 5.41) is 4.37. The van der Waals surface area contributed by atoms with Gasteiger partial charge < -0.3 is 9.57 Å². The van der Waals surface area contributed by atoms with Crippen molar-refractivity contribution in [1.82, 2.24) is 0 Å². The molecule has 0 aliphatic carbocycles. The van der Waals surface area contributed by atoms with Crippen LogP contribution in [0.25, 0.3) is 6.08 Å². The molecule has 0 amide bonds. The Balaban J connectivity index is 1.81. The van der Waals surface area contributed by atoms with Crippen LogP contribution in [0.5, 0.6) is 5.75 Å². The van der Waals surface area contributed by atoms with Crippen LogP contribution in [0.1, 0.15) is 23.6 Å². The number of ether oxygens (including phenoxy) is 1. The van der Waals surface area contributed by atoms with Gasteiger partial charge in [0.05, 0.1) is 21.3 Å². The predicted octanol–water partition coefficient (Wildman–Crippen LogP) is 5.20. The second-order valence-corrected chi connectivity index (χ2v) is 6.52. The summed E-state index contributed by atoms with van der Waals surface area (Å²) in [6.07, 6.45) is 1.63. The van der Waals surface area contributed by atoms with E-state index in [4.69, 9.17) is 27.9 Å². The first-order valence-corrected chi connectivity index (χ1v) is 8.35. The number of hydrogen-bond acceptors (Lipinski definition) is 4. The van der Waals surface area contributed by atoms with Crippen LogP contribution in [0.4, 0.5) is 0 Å². The van der Waals surface area contributed by atoms with Crippen molar-refractivity contribution in [3.05, 3.63) is 68.7 Å². The van der Waals surface area contributed by atoms with Crippen LogP contribution >= 0.6 is 23.2 Å². The standard InChI is InChI=1S/C19H15Cl2NO3/c1-11-3-5-13(6-4-11)10-24-18-16(20)8-14(9-17(18)21)7-15-12(2)22-25-19(15)23/h3-9H,10H2,1-2H3/b15-7-. The van der Waals surface area contributed by atoms with Gasteiger partial charge in [-0.3, -0.25) is 0 Å². The molecule has 1 aliphatic rings. The van der Waals surface area contributed by atoms with Gasteiger partial charge in [0.15, 0.2) is 5.75 Å². The van der Waals surface area contributed by atoms with Crippen molar-refractivity contribution in [3.63, 3.8) is 0 Å². The molecule has 0 N–H and O–H groups in total. The van der Waals surface area contributed by atoms with E-state index in [-0.39, 0.29) is 0 Å². The quantitative estimate of drug-likeness (QED) is 0.545. The van der Waals surface area contributed by atoms with Crippen molar-refractivity contribution in [3.8, 4) is 5.75 Å². The van der Waals surface area contributed by atoms with Gasteiger partial charge in [-0.25, -0.2) is 4.79 Å². The molecular formula is C19H15Cl2NO3. The molecule has 0 aromatic heterocycles. The molecule has 0 saturated heterocycles. The van der Waals surface area contributed by atoms with Crippen LogP contribution in [0.15, 0.2) is 47.1 Å². The van der Waals surface area contributed by atoms with E-state index in [2.05, 4.69) is 9.99 Å². The molecular weight excluding hydrogens is 361 g/mol. The van der Waals surface area contributed by atoms with Gasteiger partial charge in [-0.2, -0.15) is 0 Å². The van der Waals surface area contributed by atoms with Gasteiger partial charge in [0.1, 0.15) is 6.61 Å². The molecule has 0 atom stereocenters. The van der Waals surface area contributed by atoms with Gasteiger partial charge in [-0.15, -0.1) is 0 Å². The van der Waals surface area contributed by atoms with Gasteiger partial charge >= 0.3 is 5.97 Å². The molecule has 1 heterocycles. The third-order valence-electron chi connectivity index (χ3n) is 3.71. The van der Waals surface area contributed by atoms with Crippen molar-refractivity contribution >= 4 is 41.0 Å². The van der Waals surface area contributed by atoms with Crippen molar-refractivity contribution in [1.29, 1.82) is 0 Å². The van der Waals surface area contributed by atoms with Crippen molar-refractivity contribution < 1.29 is 14.4 Å². The molecule has 0 spiro atoms. The Hall–Kier alpha value is -2.30. The molecule has 4 nitrogen and oxygen atoms in total. The number of benzene rings is 2. The van der Waals surface area contributed by atoms with E-state index < -0.39 is 5.97 Å². The van der Waals surface area contributed by atoms with Crippen LogP contribution in [0, 0.1) is 6.92 Å². The number of hydrogen-bond donors (Lipinski definition) is 0. The molecule has 0 fully saturated rings. The highest BCUT2D eigenvalue weighted by Crippen LogP contribution is 2.35. The Labute approximate surface area is 155 Å². The fourth-order valence-corrected chi connectivity index (χ4v) is 2.94. The number of aryl methyl sites for hydroxylation is 1. The van der Waals surface area contributed by atoms with E-state index in [1.165, 1.54) is 5.56 Å². The number of rotatable bonds is 4. The first-order chi connectivity index (χ1) is 11.9. The zero-order chi connectivity index (χ0) is 18.0. The number of carbonyl (C=O) groups excluding carboxylic acids is 1. The lowest BCUT2D eigenvalue weighted by Crippen LogP contribution is -2.02. The monoisotopic (exact) mass is 375 g/mol. The predicted molar refractivity (Wildman–Crippen MR) is 99.2 cm³/mol. The third-order valence-corrected chi connectivity index (χ3v) is 4.27. The number of oxime groups is 1. The smallest absolute Gasteiger partial charge is 0.367 e. The Bertz CT molecular complexity index is 863. The van der Waals surface area contributed by atoms with E-state index in [1.54, 1.807) is 25.1 Å². The normalized spacial score (nSPS) is 15.3. The van der Waals surface area contributed by atoms with E-state index in [0.29, 0.717) is 39.2 Å². The fourth-order valence-electron chi connectivity index (χ4n) is 2.33. The zero-order valence-corrected chi connectivity index (χ0v) is 15.2. The number of nitrogens with zero attached hydrogens (tertiary/aromatic N) is 1. The molecule has 2 aromatic carbocycles. The third kappa shape index (κ3) is 4.03. The topological polar surface area (TPSA) is 47.9 Å². The minimum Gasteiger partial charge on any atom is -0.486 e. The van der Waals surface area contributed by atoms with Gasteiger partial charge in [-0.1, -0.05) is 58.2 Å². The Kier molecular flexibility index (Phi) is 5.11. The van der Waals surface area contributed by atoms with E-state index in [1.807, 2.05) is 31.2 Å². The lowest BCUT2D eigenvalue weighted by atomic mass is 10.1. The minimum atomic E-state index is -0.496. The summed E-state index contributed by atoms with van der Waals surface area (Å²) < 4.78 is 5.76. The summed E-state index contributed by atoms with van der Waals surface area (Å²) in [6.45, 7) is 4.08. The highest BCUT2D eigenvalue weighted by atomic mass is 35.5. The SMILES string of the molecule is CC1=NOC(=O)/C1=C\c1cc(Cl)c(OCc2ccc(C)cc2)c(Cl)c1. The number of carbonyl (C=O) groups is 1. The molecule has 3 rings (SSSR count). The average molecular weight is 376 g/mol. The minimum absolute atomic E-state index is 0.359. The Morgan fingerprint density at radius 1 is 1.12 bits per heavy atom. The van der Waals surface area contributed by atoms with Crippen molar-refractivity contribution in [2.75, 3.05) is 0 Å². The highest BCUT2D eigenvalue weighted by molar-refractivity contribution is 6.37. The van der Waals surface area contributed by atoms with Crippen LogP contribution in [0.2, 0.25) is 10.0 Å². The van der Waals surface area contributed by atoms with E-state index in [9.17, 15) is 4.79 Å². The van der Waals surface area contributed by atoms with E-state index in [0.717, 1.165) is 5.56 Å². The lowest BCUT2D eigenvalue weighted by Gasteiger charge is -2.11. The van der Waals surface area contributed by atoms with Crippen molar-refractivity contribution in [2.45, 2.75) is 20.5 Å². The molecule has 0 bridgehead atoms. The summed E-state index contributed by atoms with van der Waals surface area (Å²) >= 11 is 12.6. The first-order valence-electron chi connectivity index (χ1n) is 7.59. The summed E-state index contributed by atoms with van der Waals surface area (Å²) in [4.78, 5) is 16.2. The Morgan fingerprint density at radius 2 is 1.76 bits per heavy atom. The molecule has 25 heavy (non-hydrogen) atoms. The summed E-state index contributed by atoms with van der Waals surface area (Å²) in [7, 11) is 0. The first kappa shape index (κ1) is 17.5. The van der Waals surface area contributed by atoms with E-state index >= 15 is 0 Å². The van der Waals surface area contributed by atoms with Crippen LogP contribution in [0.3, 0.4) is 0 Å². The highest BCUT2D eigenvalue weighted by Gasteiger charge is 2.22. The second kappa shape index (κ2) is 7.30. The maximum atomic E-state index is 11.6. The van der Waals surface area contributed by atoms with Gasteiger partial charge in [0, 0.05) is 0 Å². The molecule has 0 radical (unpaired) electrons. The average Bonchev–Trinajstić information content (AvgIpc) is 2.88. The maximum Gasteiger partial charge on any atom is 0.367 e. The van der Waals surface area contributed by atoms with Gasteiger partial charge in [0.2, 0.25) is 0 Å². The van der Waals surface area contributed by atoms with Crippen molar-refractivity contribution in [2.24, 2.45) is 5.16 Å². The van der Waals surface area contributed by atoms with Crippen LogP contribution < -0.4 is 4.74 Å². The van der Waals surface area contributed by atoms with Crippen LogP contribution in [-0.4, -0.2) is 11.7 Å². The molecule has 1 aliphatic heterocycles. The Morgan fingerprint density at radius 3 is 2.32 bits per heavy atom. The molecule has 6 heteroatoms. The molecule has 2 aromatic rings. The molecule has 0 saturated carbocycles. The number of halogens is 2. The summed E-state index contributed by atoms with van der Waals surface area (Å²) in [5.41, 5.74) is 3.75. The summed E-state index contributed by atoms with van der Waals surface area (Å²) in [5.74, 6) is -0.0881. The second-order valence-electron chi connectivity index (χ2n) is 5.70. The largest absolute Gasteiger partial charge is 0.486 e. The van der Waals surface area contributed by atoms with Gasteiger partial charge in [-0.05, 0) is 43.2 Å². The maximum absolute atomic E-state index is 11.6. The summed E-state index contributed by atoms with van der Waals surface area (Å²) in [6, 6.07) is 11.4. The zero-order valence-electron chi connectivity index (χ0n) is 13.7.